The Kier molecular flexibility index (Phi) is 1.94. The molecule has 0 aliphatic heterocycles. The van der Waals surface area contributed by atoms with Gasteiger partial charge in [0.25, 0.3) is 0 Å². The number of hydrogen-bond acceptors (Lipinski definition) is 2. The molecule has 0 aliphatic rings. The van der Waals surface area contributed by atoms with E-state index in [0.29, 0.717) is 6.61 Å². The number of hydrogen-bond donors (Lipinski definition) is 0. The van der Waals surface area contributed by atoms with E-state index >= 15 is 0 Å². The van der Waals surface area contributed by atoms with Gasteiger partial charge >= 0.3 is 0 Å². The zero-order valence-corrected chi connectivity index (χ0v) is 6.59. The van der Waals surface area contributed by atoms with Crippen LogP contribution in [0.4, 0.5) is 0 Å². The Labute approximate surface area is 60.6 Å². The van der Waals surface area contributed by atoms with E-state index in [2.05, 4.69) is 5.10 Å². The van der Waals surface area contributed by atoms with Gasteiger partial charge in [0.1, 0.15) is 0 Å². The number of ether oxygens (including phenoxy) is 1. The minimum absolute atomic E-state index is 0.678. The zero-order chi connectivity index (χ0) is 7.56. The standard InChI is InChI=1S/C7H12N2O/c1-4-10-7-6(2)5-9(3)8-7/h5H,4H2,1-3H3. The fourth-order valence-electron chi connectivity index (χ4n) is 0.866. The minimum Gasteiger partial charge on any atom is -0.477 e. The van der Waals surface area contributed by atoms with Crippen molar-refractivity contribution in [2.24, 2.45) is 7.05 Å². The third kappa shape index (κ3) is 1.29. The SMILES string of the molecule is CCOc1nn(C)cc1C. The van der Waals surface area contributed by atoms with E-state index in [1.54, 1.807) is 4.68 Å². The smallest absolute Gasteiger partial charge is 0.235 e. The molecular weight excluding hydrogens is 128 g/mol. The highest BCUT2D eigenvalue weighted by molar-refractivity contribution is 5.20. The summed E-state index contributed by atoms with van der Waals surface area (Å²) >= 11 is 0. The normalized spacial score (nSPS) is 9.90. The number of aryl methyl sites for hydroxylation is 2. The van der Waals surface area contributed by atoms with Crippen molar-refractivity contribution in [1.82, 2.24) is 9.78 Å². The Hall–Kier alpha value is -0.990. The predicted molar refractivity (Wildman–Crippen MR) is 39.1 cm³/mol. The van der Waals surface area contributed by atoms with Crippen LogP contribution in [-0.2, 0) is 7.05 Å². The summed E-state index contributed by atoms with van der Waals surface area (Å²) in [6.45, 7) is 4.62. The van der Waals surface area contributed by atoms with Gasteiger partial charge in [0.2, 0.25) is 5.88 Å². The highest BCUT2D eigenvalue weighted by atomic mass is 16.5. The van der Waals surface area contributed by atoms with Crippen LogP contribution in [0.15, 0.2) is 6.20 Å². The van der Waals surface area contributed by atoms with Crippen LogP contribution in [-0.4, -0.2) is 16.4 Å². The second-order valence-corrected chi connectivity index (χ2v) is 2.22. The number of nitrogens with zero attached hydrogens (tertiary/aromatic N) is 2. The fourth-order valence-corrected chi connectivity index (χ4v) is 0.866. The van der Waals surface area contributed by atoms with E-state index in [-0.39, 0.29) is 0 Å². The summed E-state index contributed by atoms with van der Waals surface area (Å²) in [7, 11) is 1.88. The molecule has 56 valence electrons. The van der Waals surface area contributed by atoms with Crippen molar-refractivity contribution in [3.05, 3.63) is 11.8 Å². The summed E-state index contributed by atoms with van der Waals surface area (Å²) in [6, 6.07) is 0. The average molecular weight is 140 g/mol. The summed E-state index contributed by atoms with van der Waals surface area (Å²) in [4.78, 5) is 0. The molecule has 3 heteroatoms. The van der Waals surface area contributed by atoms with Crippen LogP contribution < -0.4 is 4.74 Å². The first-order chi connectivity index (χ1) is 4.74. The van der Waals surface area contributed by atoms with Crippen LogP contribution in [0.1, 0.15) is 12.5 Å². The van der Waals surface area contributed by atoms with E-state index < -0.39 is 0 Å². The van der Waals surface area contributed by atoms with Gasteiger partial charge in [-0.1, -0.05) is 0 Å². The first kappa shape index (κ1) is 7.12. The molecule has 0 spiro atoms. The molecule has 0 saturated heterocycles. The number of aromatic nitrogens is 2. The summed E-state index contributed by atoms with van der Waals surface area (Å²) in [5, 5.41) is 4.09. The molecule has 0 atom stereocenters. The number of rotatable bonds is 2. The molecule has 0 saturated carbocycles. The van der Waals surface area contributed by atoms with E-state index in [1.165, 1.54) is 0 Å². The molecule has 10 heavy (non-hydrogen) atoms. The second kappa shape index (κ2) is 2.73. The van der Waals surface area contributed by atoms with Crippen molar-refractivity contribution in [2.75, 3.05) is 6.61 Å². The molecule has 0 aliphatic carbocycles. The van der Waals surface area contributed by atoms with Gasteiger partial charge in [-0.05, 0) is 13.8 Å². The monoisotopic (exact) mass is 140 g/mol. The highest BCUT2D eigenvalue weighted by Crippen LogP contribution is 2.12. The maximum atomic E-state index is 5.23. The molecule has 1 aromatic heterocycles. The molecule has 0 fully saturated rings. The van der Waals surface area contributed by atoms with Gasteiger partial charge in [0.05, 0.1) is 6.61 Å². The average Bonchev–Trinajstić information content (AvgIpc) is 2.13. The third-order valence-electron chi connectivity index (χ3n) is 1.25. The van der Waals surface area contributed by atoms with Crippen LogP contribution in [0.2, 0.25) is 0 Å². The molecular formula is C7H12N2O. The van der Waals surface area contributed by atoms with Crippen molar-refractivity contribution in [1.29, 1.82) is 0 Å². The minimum atomic E-state index is 0.678. The maximum absolute atomic E-state index is 5.23. The Morgan fingerprint density at radius 2 is 2.40 bits per heavy atom. The van der Waals surface area contributed by atoms with Crippen LogP contribution in [0.25, 0.3) is 0 Å². The van der Waals surface area contributed by atoms with Crippen LogP contribution in [0, 0.1) is 6.92 Å². The topological polar surface area (TPSA) is 27.1 Å². The van der Waals surface area contributed by atoms with Gasteiger partial charge in [0.15, 0.2) is 0 Å². The largest absolute Gasteiger partial charge is 0.477 e. The van der Waals surface area contributed by atoms with Crippen molar-refractivity contribution >= 4 is 0 Å². The lowest BCUT2D eigenvalue weighted by Gasteiger charge is -1.96. The first-order valence-corrected chi connectivity index (χ1v) is 3.37. The molecule has 0 bridgehead atoms. The van der Waals surface area contributed by atoms with E-state index in [1.807, 2.05) is 27.1 Å². The quantitative estimate of drug-likeness (QED) is 0.615. The first-order valence-electron chi connectivity index (χ1n) is 3.37. The summed E-state index contributed by atoms with van der Waals surface area (Å²) in [5.41, 5.74) is 1.09. The van der Waals surface area contributed by atoms with Crippen molar-refractivity contribution in [3.8, 4) is 5.88 Å². The van der Waals surface area contributed by atoms with Gasteiger partial charge in [-0.25, -0.2) is 0 Å². The molecule has 0 aromatic carbocycles. The molecule has 0 radical (unpaired) electrons. The molecule has 3 nitrogen and oxygen atoms in total. The zero-order valence-electron chi connectivity index (χ0n) is 6.59. The maximum Gasteiger partial charge on any atom is 0.235 e. The van der Waals surface area contributed by atoms with Crippen LogP contribution in [0.3, 0.4) is 0 Å². The van der Waals surface area contributed by atoms with Gasteiger partial charge in [0, 0.05) is 18.8 Å². The van der Waals surface area contributed by atoms with Crippen molar-refractivity contribution in [2.45, 2.75) is 13.8 Å². The van der Waals surface area contributed by atoms with Crippen molar-refractivity contribution in [3.63, 3.8) is 0 Å². The third-order valence-corrected chi connectivity index (χ3v) is 1.25. The lowest BCUT2D eigenvalue weighted by Crippen LogP contribution is -1.94. The summed E-state index contributed by atoms with van der Waals surface area (Å²) in [6.07, 6.45) is 1.94. The lowest BCUT2D eigenvalue weighted by molar-refractivity contribution is 0.321. The fraction of sp³-hybridized carbons (Fsp3) is 0.571. The second-order valence-electron chi connectivity index (χ2n) is 2.22. The molecule has 0 N–H and O–H groups in total. The van der Waals surface area contributed by atoms with Gasteiger partial charge in [-0.15, -0.1) is 5.10 Å². The molecule has 0 amide bonds. The van der Waals surface area contributed by atoms with E-state index in [9.17, 15) is 0 Å². The molecule has 0 unspecified atom stereocenters. The molecule has 1 heterocycles. The van der Waals surface area contributed by atoms with E-state index in [0.717, 1.165) is 11.4 Å². The molecule has 1 aromatic rings. The van der Waals surface area contributed by atoms with Crippen LogP contribution >= 0.6 is 0 Å². The molecule has 1 rings (SSSR count). The van der Waals surface area contributed by atoms with E-state index in [4.69, 9.17) is 4.74 Å². The summed E-state index contributed by atoms with van der Waals surface area (Å²) in [5.74, 6) is 0.741. The lowest BCUT2D eigenvalue weighted by atomic mass is 10.4. The summed E-state index contributed by atoms with van der Waals surface area (Å²) < 4.78 is 6.98. The Morgan fingerprint density at radius 3 is 2.80 bits per heavy atom. The predicted octanol–water partition coefficient (Wildman–Crippen LogP) is 1.13. The Morgan fingerprint density at radius 1 is 1.70 bits per heavy atom. The van der Waals surface area contributed by atoms with Gasteiger partial charge in [-0.2, -0.15) is 0 Å². The Bertz CT molecular complexity index is 217. The van der Waals surface area contributed by atoms with Gasteiger partial charge in [-0.3, -0.25) is 4.68 Å². The highest BCUT2D eigenvalue weighted by Gasteiger charge is 2.01. The van der Waals surface area contributed by atoms with Crippen LogP contribution in [0.5, 0.6) is 5.88 Å². The van der Waals surface area contributed by atoms with Crippen molar-refractivity contribution < 1.29 is 4.74 Å². The van der Waals surface area contributed by atoms with Gasteiger partial charge < -0.3 is 4.74 Å². The Balaban J connectivity index is 2.81.